The summed E-state index contributed by atoms with van der Waals surface area (Å²) >= 11 is 0. The fraction of sp³-hybridized carbons (Fsp3) is 0.520. The van der Waals surface area contributed by atoms with Crippen molar-refractivity contribution in [1.82, 2.24) is 14.9 Å². The molecular weight excluding hydrogens is 418 g/mol. The number of nitrogens with zero attached hydrogens (tertiary/aromatic N) is 4. The van der Waals surface area contributed by atoms with E-state index in [1.54, 1.807) is 11.0 Å². The van der Waals surface area contributed by atoms with Crippen LogP contribution >= 0.6 is 0 Å². The second kappa shape index (κ2) is 10.6. The number of ether oxygens (including phenoxy) is 1. The van der Waals surface area contributed by atoms with Crippen LogP contribution in [-0.2, 0) is 0 Å². The standard InChI is InChI=1S/C25H33N5O3/c1-18-4-2-6-22(28-18)29-14-9-19(10-15-29)7-8-20-11-16-30(17-12-20)25(32)33-21-5-3-13-27-23(21)24(26)31/h2-6,13,19-20H,7-12,14-17H2,1H3,(H2,26,31). The smallest absolute Gasteiger partial charge is 0.408 e. The third kappa shape index (κ3) is 6.00. The van der Waals surface area contributed by atoms with Crippen molar-refractivity contribution in [1.29, 1.82) is 0 Å². The van der Waals surface area contributed by atoms with Gasteiger partial charge in [-0.05, 0) is 68.7 Å². The fourth-order valence-corrected chi connectivity index (χ4v) is 4.85. The van der Waals surface area contributed by atoms with Crippen molar-refractivity contribution in [3.05, 3.63) is 47.9 Å². The molecule has 2 saturated heterocycles. The van der Waals surface area contributed by atoms with Gasteiger partial charge in [-0.15, -0.1) is 0 Å². The molecule has 8 nitrogen and oxygen atoms in total. The molecule has 4 heterocycles. The van der Waals surface area contributed by atoms with Gasteiger partial charge in [0.25, 0.3) is 5.91 Å². The van der Waals surface area contributed by atoms with Gasteiger partial charge in [0.2, 0.25) is 0 Å². The molecule has 2 aliphatic rings. The lowest BCUT2D eigenvalue weighted by Gasteiger charge is -2.35. The number of carbonyl (C=O) groups excluding carboxylic acids is 2. The average Bonchev–Trinajstić information content (AvgIpc) is 2.83. The SMILES string of the molecule is Cc1cccc(N2CCC(CCC3CCN(C(=O)Oc4cccnc4C(N)=O)CC3)CC2)n1. The molecule has 33 heavy (non-hydrogen) atoms. The molecule has 4 rings (SSSR count). The number of anilines is 1. The van der Waals surface area contributed by atoms with Crippen LogP contribution in [0.25, 0.3) is 0 Å². The van der Waals surface area contributed by atoms with E-state index < -0.39 is 12.0 Å². The van der Waals surface area contributed by atoms with Crippen molar-refractivity contribution in [3.63, 3.8) is 0 Å². The fourth-order valence-electron chi connectivity index (χ4n) is 4.85. The van der Waals surface area contributed by atoms with Gasteiger partial charge in [0.1, 0.15) is 5.82 Å². The predicted molar refractivity (Wildman–Crippen MR) is 126 cm³/mol. The number of hydrogen-bond acceptors (Lipinski definition) is 6. The van der Waals surface area contributed by atoms with E-state index in [9.17, 15) is 9.59 Å². The van der Waals surface area contributed by atoms with Gasteiger partial charge in [-0.25, -0.2) is 14.8 Å². The first-order valence-corrected chi connectivity index (χ1v) is 11.9. The molecular formula is C25H33N5O3. The summed E-state index contributed by atoms with van der Waals surface area (Å²) < 4.78 is 5.40. The molecule has 0 aromatic carbocycles. The van der Waals surface area contributed by atoms with Crippen LogP contribution in [0.3, 0.4) is 0 Å². The number of carbonyl (C=O) groups is 2. The van der Waals surface area contributed by atoms with E-state index in [0.29, 0.717) is 19.0 Å². The third-order valence-corrected chi connectivity index (χ3v) is 6.87. The molecule has 0 radical (unpaired) electrons. The quantitative estimate of drug-likeness (QED) is 0.717. The average molecular weight is 452 g/mol. The number of likely N-dealkylation sites (tertiary alicyclic amines) is 1. The Morgan fingerprint density at radius 2 is 1.67 bits per heavy atom. The number of pyridine rings is 2. The summed E-state index contributed by atoms with van der Waals surface area (Å²) in [5.74, 6) is 1.92. The van der Waals surface area contributed by atoms with Crippen molar-refractivity contribution in [2.75, 3.05) is 31.1 Å². The van der Waals surface area contributed by atoms with Gasteiger partial charge >= 0.3 is 6.09 Å². The van der Waals surface area contributed by atoms with Gasteiger partial charge in [-0.3, -0.25) is 4.79 Å². The number of aryl methyl sites for hydroxylation is 1. The largest absolute Gasteiger partial charge is 0.415 e. The number of hydrogen-bond donors (Lipinski definition) is 1. The number of piperidine rings is 2. The molecule has 2 aromatic heterocycles. The maximum atomic E-state index is 12.5. The van der Waals surface area contributed by atoms with Gasteiger partial charge in [0.15, 0.2) is 11.4 Å². The predicted octanol–water partition coefficient (Wildman–Crippen LogP) is 3.79. The zero-order valence-corrected chi connectivity index (χ0v) is 19.3. The Labute approximate surface area is 195 Å². The highest BCUT2D eigenvalue weighted by atomic mass is 16.6. The van der Waals surface area contributed by atoms with Crippen LogP contribution in [0.2, 0.25) is 0 Å². The summed E-state index contributed by atoms with van der Waals surface area (Å²) in [5, 5.41) is 0. The molecule has 0 unspecified atom stereocenters. The third-order valence-electron chi connectivity index (χ3n) is 6.87. The molecule has 2 amide bonds. The highest BCUT2D eigenvalue weighted by Gasteiger charge is 2.27. The molecule has 2 aliphatic heterocycles. The van der Waals surface area contributed by atoms with Crippen LogP contribution in [0, 0.1) is 18.8 Å². The molecule has 0 spiro atoms. The lowest BCUT2D eigenvalue weighted by atomic mass is 9.85. The highest BCUT2D eigenvalue weighted by molar-refractivity contribution is 5.94. The molecule has 0 aliphatic carbocycles. The second-order valence-electron chi connectivity index (χ2n) is 9.16. The Balaban J connectivity index is 1.17. The van der Waals surface area contributed by atoms with Crippen LogP contribution in [-0.4, -0.2) is 53.0 Å². The molecule has 0 saturated carbocycles. The molecule has 2 N–H and O–H groups in total. The lowest BCUT2D eigenvalue weighted by molar-refractivity contribution is 0.0989. The van der Waals surface area contributed by atoms with Crippen LogP contribution in [0.1, 0.15) is 54.7 Å². The molecule has 0 bridgehead atoms. The molecule has 2 fully saturated rings. The maximum absolute atomic E-state index is 12.5. The summed E-state index contributed by atoms with van der Waals surface area (Å²) in [6, 6.07) is 9.38. The summed E-state index contributed by atoms with van der Waals surface area (Å²) in [4.78, 5) is 36.7. The van der Waals surface area contributed by atoms with Gasteiger partial charge in [-0.1, -0.05) is 18.9 Å². The van der Waals surface area contributed by atoms with E-state index >= 15 is 0 Å². The second-order valence-corrected chi connectivity index (χ2v) is 9.16. The summed E-state index contributed by atoms with van der Waals surface area (Å²) in [7, 11) is 0. The van der Waals surface area contributed by atoms with E-state index in [2.05, 4.69) is 27.0 Å². The maximum Gasteiger partial charge on any atom is 0.415 e. The normalized spacial score (nSPS) is 17.7. The van der Waals surface area contributed by atoms with Gasteiger partial charge < -0.3 is 20.3 Å². The van der Waals surface area contributed by atoms with Crippen LogP contribution in [0.15, 0.2) is 36.5 Å². The van der Waals surface area contributed by atoms with Gasteiger partial charge in [-0.2, -0.15) is 0 Å². The Kier molecular flexibility index (Phi) is 7.42. The lowest BCUT2D eigenvalue weighted by Crippen LogP contribution is -2.40. The number of aromatic nitrogens is 2. The number of nitrogens with two attached hydrogens (primary N) is 1. The van der Waals surface area contributed by atoms with E-state index in [0.717, 1.165) is 43.4 Å². The Morgan fingerprint density at radius 3 is 2.30 bits per heavy atom. The van der Waals surface area contributed by atoms with Crippen molar-refractivity contribution in [2.24, 2.45) is 17.6 Å². The monoisotopic (exact) mass is 451 g/mol. The molecule has 8 heteroatoms. The van der Waals surface area contributed by atoms with Crippen molar-refractivity contribution < 1.29 is 14.3 Å². The zero-order valence-electron chi connectivity index (χ0n) is 19.3. The van der Waals surface area contributed by atoms with E-state index in [1.165, 1.54) is 37.9 Å². The Bertz CT molecular complexity index is 966. The van der Waals surface area contributed by atoms with Crippen molar-refractivity contribution in [3.8, 4) is 5.75 Å². The Morgan fingerprint density at radius 1 is 1.00 bits per heavy atom. The van der Waals surface area contributed by atoms with Crippen molar-refractivity contribution in [2.45, 2.75) is 45.4 Å². The van der Waals surface area contributed by atoms with Crippen LogP contribution in [0.5, 0.6) is 5.75 Å². The highest BCUT2D eigenvalue weighted by Crippen LogP contribution is 2.30. The Hall–Kier alpha value is -3.16. The summed E-state index contributed by atoms with van der Waals surface area (Å²) in [5.41, 5.74) is 6.36. The van der Waals surface area contributed by atoms with E-state index in [1.807, 2.05) is 13.0 Å². The minimum atomic E-state index is -0.710. The first-order valence-electron chi connectivity index (χ1n) is 11.9. The van der Waals surface area contributed by atoms with E-state index in [4.69, 9.17) is 10.5 Å². The topological polar surface area (TPSA) is 102 Å². The van der Waals surface area contributed by atoms with Gasteiger partial charge in [0, 0.05) is 38.1 Å². The summed E-state index contributed by atoms with van der Waals surface area (Å²) in [6.45, 7) is 5.54. The molecule has 2 aromatic rings. The van der Waals surface area contributed by atoms with Crippen LogP contribution in [0.4, 0.5) is 10.6 Å². The first kappa shape index (κ1) is 23.0. The summed E-state index contributed by atoms with van der Waals surface area (Å²) in [6.07, 6.45) is 7.87. The van der Waals surface area contributed by atoms with Crippen LogP contribution < -0.4 is 15.4 Å². The number of amides is 2. The minimum Gasteiger partial charge on any atom is -0.408 e. The minimum absolute atomic E-state index is 0.0232. The van der Waals surface area contributed by atoms with Gasteiger partial charge in [0.05, 0.1) is 0 Å². The van der Waals surface area contributed by atoms with Crippen molar-refractivity contribution >= 4 is 17.8 Å². The first-order chi connectivity index (χ1) is 16.0. The number of primary amides is 1. The molecule has 0 atom stereocenters. The van der Waals surface area contributed by atoms with E-state index in [-0.39, 0.29) is 11.4 Å². The molecule has 176 valence electrons. The number of rotatable bonds is 6. The zero-order chi connectivity index (χ0) is 23.2.